The summed E-state index contributed by atoms with van der Waals surface area (Å²) in [6, 6.07) is 8.14. The van der Waals surface area contributed by atoms with Gasteiger partial charge in [-0.1, -0.05) is 32.9 Å². The summed E-state index contributed by atoms with van der Waals surface area (Å²) >= 11 is 0. The van der Waals surface area contributed by atoms with E-state index in [1.165, 1.54) is 0 Å². The van der Waals surface area contributed by atoms with Crippen LogP contribution in [-0.4, -0.2) is 13.2 Å². The molecule has 0 aliphatic carbocycles. The molecule has 15 heavy (non-hydrogen) atoms. The van der Waals surface area contributed by atoms with Crippen molar-refractivity contribution in [3.63, 3.8) is 0 Å². The molecule has 82 valence electrons. The molecule has 0 bridgehead atoms. The van der Waals surface area contributed by atoms with E-state index in [2.05, 4.69) is 32.2 Å². The highest BCUT2D eigenvalue weighted by Crippen LogP contribution is 2.35. The molecule has 1 N–H and O–H groups in total. The summed E-state index contributed by atoms with van der Waals surface area (Å²) in [5.41, 5.74) is 1.32. The first-order valence-electron chi connectivity index (χ1n) is 5.57. The summed E-state index contributed by atoms with van der Waals surface area (Å²) in [7, 11) is 0. The number of fused-ring (bicyclic) bond motifs is 1. The molecule has 0 radical (unpaired) electrons. The molecule has 0 aromatic heterocycles. The Morgan fingerprint density at radius 3 is 2.80 bits per heavy atom. The average molecular weight is 205 g/mol. The largest absolute Gasteiger partial charge is 0.491 e. The molecule has 1 heterocycles. The van der Waals surface area contributed by atoms with Crippen LogP contribution in [0, 0.1) is 11.3 Å². The second-order valence-corrected chi connectivity index (χ2v) is 4.95. The first kappa shape index (κ1) is 10.3. The Labute approximate surface area is 91.6 Å². The van der Waals surface area contributed by atoms with Crippen LogP contribution < -0.4 is 10.1 Å². The van der Waals surface area contributed by atoms with E-state index in [9.17, 15) is 0 Å². The Morgan fingerprint density at radius 2 is 2.07 bits per heavy atom. The topological polar surface area (TPSA) is 21.3 Å². The summed E-state index contributed by atoms with van der Waals surface area (Å²) in [6.45, 7) is 8.54. The minimum atomic E-state index is 0.207. The van der Waals surface area contributed by atoms with E-state index < -0.39 is 0 Å². The number of hydrogen-bond donors (Lipinski definition) is 1. The second kappa shape index (κ2) is 3.76. The number of ether oxygens (including phenoxy) is 1. The maximum absolute atomic E-state index is 5.86. The second-order valence-electron chi connectivity index (χ2n) is 4.95. The normalized spacial score (nSPS) is 25.1. The number of benzene rings is 1. The van der Waals surface area contributed by atoms with E-state index in [4.69, 9.17) is 4.74 Å². The third kappa shape index (κ3) is 1.94. The van der Waals surface area contributed by atoms with Gasteiger partial charge < -0.3 is 10.1 Å². The van der Waals surface area contributed by atoms with E-state index >= 15 is 0 Å². The summed E-state index contributed by atoms with van der Waals surface area (Å²) in [6.07, 6.45) is 0. The molecule has 1 aromatic carbocycles. The van der Waals surface area contributed by atoms with Gasteiger partial charge in [-0.15, -0.1) is 0 Å². The van der Waals surface area contributed by atoms with Crippen molar-refractivity contribution in [3.8, 4) is 5.75 Å². The van der Waals surface area contributed by atoms with Crippen LogP contribution in [-0.2, 0) is 0 Å². The molecule has 2 heteroatoms. The number of nitrogens with one attached hydrogen (secondary N) is 1. The highest BCUT2D eigenvalue weighted by atomic mass is 16.5. The fourth-order valence-corrected chi connectivity index (χ4v) is 1.70. The maximum atomic E-state index is 5.86. The predicted molar refractivity (Wildman–Crippen MR) is 63.4 cm³/mol. The molecule has 0 amide bonds. The molecule has 1 atom stereocenters. The van der Waals surface area contributed by atoms with E-state index in [-0.39, 0.29) is 5.41 Å². The van der Waals surface area contributed by atoms with E-state index in [1.807, 2.05) is 18.2 Å². The summed E-state index contributed by atoms with van der Waals surface area (Å²) < 4.78 is 5.86. The quantitative estimate of drug-likeness (QED) is 0.760. The molecular formula is C13H19NO. The van der Waals surface area contributed by atoms with Crippen molar-refractivity contribution < 1.29 is 4.74 Å². The highest BCUT2D eigenvalue weighted by Gasteiger charge is 2.31. The third-order valence-corrected chi connectivity index (χ3v) is 3.52. The lowest BCUT2D eigenvalue weighted by Crippen LogP contribution is -2.35. The summed E-state index contributed by atoms with van der Waals surface area (Å²) in [5.74, 6) is 1.58. The molecule has 0 spiro atoms. The van der Waals surface area contributed by atoms with Crippen LogP contribution in [0.25, 0.3) is 0 Å². The first-order valence-corrected chi connectivity index (χ1v) is 5.57. The summed E-state index contributed by atoms with van der Waals surface area (Å²) in [4.78, 5) is 0. The SMILES string of the molecule is CC(C)C1(C)CNc2ccccc2OC1. The minimum absolute atomic E-state index is 0.207. The zero-order chi connectivity index (χ0) is 10.9. The molecule has 0 saturated heterocycles. The van der Waals surface area contributed by atoms with Crippen LogP contribution in [0.4, 0.5) is 5.69 Å². The lowest BCUT2D eigenvalue weighted by Gasteiger charge is -2.31. The van der Waals surface area contributed by atoms with Gasteiger partial charge >= 0.3 is 0 Å². The number of rotatable bonds is 1. The van der Waals surface area contributed by atoms with Gasteiger partial charge in [0.1, 0.15) is 5.75 Å². The lowest BCUT2D eigenvalue weighted by atomic mass is 9.80. The predicted octanol–water partition coefficient (Wildman–Crippen LogP) is 3.15. The van der Waals surface area contributed by atoms with Crippen molar-refractivity contribution >= 4 is 5.69 Å². The van der Waals surface area contributed by atoms with Gasteiger partial charge in [-0.05, 0) is 18.1 Å². The van der Waals surface area contributed by atoms with Crippen LogP contribution in [0.1, 0.15) is 20.8 Å². The highest BCUT2D eigenvalue weighted by molar-refractivity contribution is 5.56. The van der Waals surface area contributed by atoms with Crippen molar-refractivity contribution in [2.24, 2.45) is 11.3 Å². The van der Waals surface area contributed by atoms with E-state index in [1.54, 1.807) is 0 Å². The fraction of sp³-hybridized carbons (Fsp3) is 0.538. The Bertz CT molecular complexity index is 319. The third-order valence-electron chi connectivity index (χ3n) is 3.52. The Hall–Kier alpha value is -1.18. The van der Waals surface area contributed by atoms with Crippen LogP contribution in [0.3, 0.4) is 0 Å². The molecule has 1 aliphatic heterocycles. The molecule has 0 saturated carbocycles. The molecule has 1 aromatic rings. The number of para-hydroxylation sites is 2. The van der Waals surface area contributed by atoms with Gasteiger partial charge in [-0.2, -0.15) is 0 Å². The van der Waals surface area contributed by atoms with Gasteiger partial charge in [-0.25, -0.2) is 0 Å². The van der Waals surface area contributed by atoms with Crippen LogP contribution in [0.5, 0.6) is 5.75 Å². The fourth-order valence-electron chi connectivity index (χ4n) is 1.70. The van der Waals surface area contributed by atoms with Crippen molar-refractivity contribution in [3.05, 3.63) is 24.3 Å². The van der Waals surface area contributed by atoms with Gasteiger partial charge in [0.2, 0.25) is 0 Å². The zero-order valence-corrected chi connectivity index (χ0v) is 9.71. The monoisotopic (exact) mass is 205 g/mol. The maximum Gasteiger partial charge on any atom is 0.142 e. The molecular weight excluding hydrogens is 186 g/mol. The van der Waals surface area contributed by atoms with Crippen LogP contribution in [0.2, 0.25) is 0 Å². The lowest BCUT2D eigenvalue weighted by molar-refractivity contribution is 0.130. The Morgan fingerprint density at radius 1 is 1.33 bits per heavy atom. The minimum Gasteiger partial charge on any atom is -0.491 e. The van der Waals surface area contributed by atoms with Crippen molar-refractivity contribution in [2.75, 3.05) is 18.5 Å². The molecule has 2 nitrogen and oxygen atoms in total. The van der Waals surface area contributed by atoms with Crippen molar-refractivity contribution in [2.45, 2.75) is 20.8 Å². The molecule has 1 aliphatic rings. The van der Waals surface area contributed by atoms with Gasteiger partial charge in [-0.3, -0.25) is 0 Å². The van der Waals surface area contributed by atoms with Crippen LogP contribution >= 0.6 is 0 Å². The van der Waals surface area contributed by atoms with Gasteiger partial charge in [0.25, 0.3) is 0 Å². The van der Waals surface area contributed by atoms with Gasteiger partial charge in [0, 0.05) is 12.0 Å². The summed E-state index contributed by atoms with van der Waals surface area (Å²) in [5, 5.41) is 3.47. The first-order chi connectivity index (χ1) is 7.12. The van der Waals surface area contributed by atoms with Crippen molar-refractivity contribution in [1.82, 2.24) is 0 Å². The standard InChI is InChI=1S/C13H19NO/c1-10(2)13(3)8-14-11-6-4-5-7-12(11)15-9-13/h4-7,10,14H,8-9H2,1-3H3. The van der Waals surface area contributed by atoms with E-state index in [0.717, 1.165) is 24.6 Å². The Kier molecular flexibility index (Phi) is 2.59. The van der Waals surface area contributed by atoms with Gasteiger partial charge in [0.15, 0.2) is 0 Å². The smallest absolute Gasteiger partial charge is 0.142 e. The molecule has 1 unspecified atom stereocenters. The van der Waals surface area contributed by atoms with Crippen LogP contribution in [0.15, 0.2) is 24.3 Å². The zero-order valence-electron chi connectivity index (χ0n) is 9.71. The number of anilines is 1. The van der Waals surface area contributed by atoms with E-state index in [0.29, 0.717) is 5.92 Å². The molecule has 0 fully saturated rings. The van der Waals surface area contributed by atoms with Crippen molar-refractivity contribution in [1.29, 1.82) is 0 Å². The number of hydrogen-bond acceptors (Lipinski definition) is 2. The van der Waals surface area contributed by atoms with Gasteiger partial charge in [0.05, 0.1) is 12.3 Å². The Balaban J connectivity index is 2.22. The molecule has 2 rings (SSSR count). The average Bonchev–Trinajstić information content (AvgIpc) is 2.40.